The van der Waals surface area contributed by atoms with Gasteiger partial charge in [0.1, 0.15) is 0 Å². The molecule has 3 N–H and O–H groups in total. The first-order valence-corrected chi connectivity index (χ1v) is 9.04. The quantitative estimate of drug-likeness (QED) is 0.747. The zero-order chi connectivity index (χ0) is 17.6. The van der Waals surface area contributed by atoms with Gasteiger partial charge >= 0.3 is 6.03 Å². The number of aromatic nitrogens is 1. The van der Waals surface area contributed by atoms with E-state index in [2.05, 4.69) is 52.2 Å². The van der Waals surface area contributed by atoms with E-state index in [0.29, 0.717) is 17.9 Å². The van der Waals surface area contributed by atoms with Gasteiger partial charge in [-0.15, -0.1) is 0 Å². The highest BCUT2D eigenvalue weighted by atomic mass is 16.2. The molecule has 3 atom stereocenters. The summed E-state index contributed by atoms with van der Waals surface area (Å²) in [5.41, 5.74) is 10.1. The third kappa shape index (κ3) is 2.89. The molecule has 2 amide bonds. The Bertz CT molecular complexity index is 783. The summed E-state index contributed by atoms with van der Waals surface area (Å²) in [4.78, 5) is 19.1. The molecule has 1 aliphatic heterocycles. The van der Waals surface area contributed by atoms with E-state index in [9.17, 15) is 4.79 Å². The van der Waals surface area contributed by atoms with E-state index in [0.717, 1.165) is 25.9 Å². The molecule has 0 radical (unpaired) electrons. The maximum absolute atomic E-state index is 11.6. The molecule has 0 unspecified atom stereocenters. The Morgan fingerprint density at radius 2 is 2.24 bits per heavy atom. The summed E-state index contributed by atoms with van der Waals surface area (Å²) in [5.74, 6) is 1.08. The summed E-state index contributed by atoms with van der Waals surface area (Å²) in [6.45, 7) is 1.85. The molecule has 1 fully saturated rings. The number of aromatic amines is 1. The number of benzene rings is 1. The monoisotopic (exact) mass is 341 g/mol. The molecule has 25 heavy (non-hydrogen) atoms. The highest BCUT2D eigenvalue weighted by molar-refractivity contribution is 5.88. The lowest BCUT2D eigenvalue weighted by atomic mass is 9.72. The number of rotatable bonds is 3. The fourth-order valence-corrected chi connectivity index (χ4v) is 4.58. The summed E-state index contributed by atoms with van der Waals surface area (Å²) in [6.07, 6.45) is 4.46. The van der Waals surface area contributed by atoms with Crippen molar-refractivity contribution >= 4 is 16.9 Å². The van der Waals surface area contributed by atoms with Gasteiger partial charge < -0.3 is 14.8 Å². The number of amides is 2. The maximum Gasteiger partial charge on any atom is 0.331 e. The Labute approximate surface area is 148 Å². The van der Waals surface area contributed by atoms with Crippen molar-refractivity contribution in [3.63, 3.8) is 0 Å². The van der Waals surface area contributed by atoms with Crippen LogP contribution in [0.3, 0.4) is 0 Å². The first-order chi connectivity index (χ1) is 12.0. The molecule has 1 aromatic heterocycles. The molecule has 1 aliphatic carbocycles. The number of H-pyrrole nitrogens is 1. The minimum Gasteiger partial charge on any atom is -0.361 e. The molecule has 2 heterocycles. The highest BCUT2D eigenvalue weighted by Crippen LogP contribution is 2.44. The molecule has 2 aliphatic rings. The smallest absolute Gasteiger partial charge is 0.331 e. The molecule has 0 bridgehead atoms. The van der Waals surface area contributed by atoms with Crippen LogP contribution in [0.1, 0.15) is 23.5 Å². The Kier molecular flexibility index (Phi) is 4.17. The standard InChI is InChI=1S/C19H27N5O/c1-23(2)19(25)22-21-9-12-7-15-14-5-4-6-16-18(14)13(10-20-16)8-17(15)24(3)11-12/h4-6,10,12,15,17,20-21H,7-9,11H2,1-3H3,(H,22,25)/t12-,15+,17+/m0/s1. The Hall–Kier alpha value is -2.05. The first-order valence-electron chi connectivity index (χ1n) is 9.04. The second-order valence-corrected chi connectivity index (χ2v) is 7.71. The van der Waals surface area contributed by atoms with Gasteiger partial charge in [0.05, 0.1) is 0 Å². The van der Waals surface area contributed by atoms with E-state index in [-0.39, 0.29) is 6.03 Å². The number of hydrogen-bond acceptors (Lipinski definition) is 3. The van der Waals surface area contributed by atoms with Crippen LogP contribution in [0, 0.1) is 5.92 Å². The molecule has 0 saturated carbocycles. The lowest BCUT2D eigenvalue weighted by Gasteiger charge is -2.45. The minimum atomic E-state index is -0.110. The van der Waals surface area contributed by atoms with Crippen LogP contribution in [0.15, 0.2) is 24.4 Å². The Morgan fingerprint density at radius 3 is 3.04 bits per heavy atom. The van der Waals surface area contributed by atoms with Gasteiger partial charge in [0.15, 0.2) is 0 Å². The van der Waals surface area contributed by atoms with Gasteiger partial charge in [0.25, 0.3) is 0 Å². The number of carbonyl (C=O) groups is 1. The fraction of sp³-hybridized carbons (Fsp3) is 0.526. The number of fused-ring (bicyclic) bond motifs is 2. The third-order valence-corrected chi connectivity index (χ3v) is 5.80. The number of piperidine rings is 1. The number of hydrogen-bond donors (Lipinski definition) is 3. The van der Waals surface area contributed by atoms with Crippen LogP contribution in [-0.2, 0) is 6.42 Å². The lowest BCUT2D eigenvalue weighted by molar-refractivity contribution is 0.109. The van der Waals surface area contributed by atoms with Gasteiger partial charge in [-0.2, -0.15) is 0 Å². The van der Waals surface area contributed by atoms with Crippen LogP contribution >= 0.6 is 0 Å². The van der Waals surface area contributed by atoms with E-state index in [1.807, 2.05) is 0 Å². The first kappa shape index (κ1) is 16.4. The fourth-order valence-electron chi connectivity index (χ4n) is 4.58. The summed E-state index contributed by atoms with van der Waals surface area (Å²) < 4.78 is 0. The number of nitrogens with zero attached hydrogens (tertiary/aromatic N) is 2. The largest absolute Gasteiger partial charge is 0.361 e. The summed E-state index contributed by atoms with van der Waals surface area (Å²) >= 11 is 0. The molecular formula is C19H27N5O. The number of likely N-dealkylation sites (N-methyl/N-ethyl adjacent to an activating group) is 1. The number of nitrogens with one attached hydrogen (secondary N) is 3. The SMILES string of the molecule is CN(C)C(=O)NNC[C@@H]1C[C@@H]2c3cccc4[nH]cc(c34)C[C@H]2N(C)C1. The van der Waals surface area contributed by atoms with Crippen LogP contribution < -0.4 is 10.9 Å². The molecule has 1 aromatic carbocycles. The van der Waals surface area contributed by atoms with Gasteiger partial charge in [0, 0.05) is 56.2 Å². The van der Waals surface area contributed by atoms with Crippen LogP contribution in [0.5, 0.6) is 0 Å². The molecule has 1 saturated heterocycles. The second kappa shape index (κ2) is 6.35. The summed E-state index contributed by atoms with van der Waals surface area (Å²) in [7, 11) is 5.72. The number of urea groups is 1. The average molecular weight is 341 g/mol. The molecule has 4 rings (SSSR count). The molecule has 6 heteroatoms. The van der Waals surface area contributed by atoms with Crippen molar-refractivity contribution in [3.05, 3.63) is 35.5 Å². The van der Waals surface area contributed by atoms with Crippen LogP contribution in [0.4, 0.5) is 4.79 Å². The second-order valence-electron chi connectivity index (χ2n) is 7.71. The summed E-state index contributed by atoms with van der Waals surface area (Å²) in [5, 5.41) is 1.44. The van der Waals surface area contributed by atoms with E-state index < -0.39 is 0 Å². The van der Waals surface area contributed by atoms with Gasteiger partial charge in [-0.1, -0.05) is 12.1 Å². The van der Waals surface area contributed by atoms with Gasteiger partial charge in [-0.05, 0) is 43.0 Å². The zero-order valence-electron chi connectivity index (χ0n) is 15.2. The molecule has 134 valence electrons. The zero-order valence-corrected chi connectivity index (χ0v) is 15.2. The normalized spacial score (nSPS) is 25.6. The van der Waals surface area contributed by atoms with Gasteiger partial charge in [-0.3, -0.25) is 5.43 Å². The van der Waals surface area contributed by atoms with Crippen molar-refractivity contribution in [2.45, 2.75) is 24.8 Å². The Balaban J connectivity index is 1.50. The van der Waals surface area contributed by atoms with Gasteiger partial charge in [-0.25, -0.2) is 10.2 Å². The minimum absolute atomic E-state index is 0.110. The van der Waals surface area contributed by atoms with E-state index in [1.165, 1.54) is 26.9 Å². The van der Waals surface area contributed by atoms with E-state index in [4.69, 9.17) is 0 Å². The lowest BCUT2D eigenvalue weighted by Crippen LogP contribution is -2.52. The topological polar surface area (TPSA) is 63.4 Å². The predicted molar refractivity (Wildman–Crippen MR) is 99.5 cm³/mol. The summed E-state index contributed by atoms with van der Waals surface area (Å²) in [6, 6.07) is 7.10. The molecule has 6 nitrogen and oxygen atoms in total. The predicted octanol–water partition coefficient (Wildman–Crippen LogP) is 1.90. The van der Waals surface area contributed by atoms with Crippen molar-refractivity contribution < 1.29 is 4.79 Å². The molecule has 0 spiro atoms. The van der Waals surface area contributed by atoms with Crippen LogP contribution in [-0.4, -0.2) is 61.1 Å². The molecular weight excluding hydrogens is 314 g/mol. The van der Waals surface area contributed by atoms with Crippen molar-refractivity contribution in [1.29, 1.82) is 0 Å². The molecule has 2 aromatic rings. The van der Waals surface area contributed by atoms with E-state index >= 15 is 0 Å². The maximum atomic E-state index is 11.6. The number of carbonyl (C=O) groups excluding carboxylic acids is 1. The van der Waals surface area contributed by atoms with E-state index in [1.54, 1.807) is 14.1 Å². The van der Waals surface area contributed by atoms with Crippen molar-refractivity contribution in [1.82, 2.24) is 25.6 Å². The number of hydrazine groups is 1. The van der Waals surface area contributed by atoms with Crippen molar-refractivity contribution in [2.75, 3.05) is 34.2 Å². The van der Waals surface area contributed by atoms with Crippen molar-refractivity contribution in [3.8, 4) is 0 Å². The van der Waals surface area contributed by atoms with Gasteiger partial charge in [0.2, 0.25) is 0 Å². The highest BCUT2D eigenvalue weighted by Gasteiger charge is 2.39. The number of likely N-dealkylation sites (tertiary alicyclic amines) is 1. The van der Waals surface area contributed by atoms with Crippen LogP contribution in [0.2, 0.25) is 0 Å². The van der Waals surface area contributed by atoms with Crippen molar-refractivity contribution in [2.24, 2.45) is 5.92 Å². The van der Waals surface area contributed by atoms with Crippen LogP contribution in [0.25, 0.3) is 10.9 Å². The third-order valence-electron chi connectivity index (χ3n) is 5.80. The average Bonchev–Trinajstić information content (AvgIpc) is 3.00. The Morgan fingerprint density at radius 1 is 1.40 bits per heavy atom.